The molecule has 5 rings (SSSR count). The number of aromatic nitrogens is 5. The number of H-pyrrole nitrogens is 1. The van der Waals surface area contributed by atoms with E-state index in [9.17, 15) is 0 Å². The number of nitrogens with one attached hydrogen (secondary N) is 2. The summed E-state index contributed by atoms with van der Waals surface area (Å²) in [5, 5.41) is 11.3. The molecule has 0 saturated heterocycles. The van der Waals surface area contributed by atoms with E-state index in [2.05, 4.69) is 32.0 Å². The van der Waals surface area contributed by atoms with Crippen LogP contribution >= 0.6 is 11.5 Å². The number of rotatable bonds is 3. The number of hydrogen-bond acceptors (Lipinski definition) is 7. The Balaban J connectivity index is 1.66. The van der Waals surface area contributed by atoms with Gasteiger partial charge in [-0.1, -0.05) is 12.1 Å². The van der Waals surface area contributed by atoms with Gasteiger partial charge in [-0.15, -0.1) is 0 Å². The molecule has 8 heteroatoms. The summed E-state index contributed by atoms with van der Waals surface area (Å²) in [5.41, 5.74) is 2.24. The van der Waals surface area contributed by atoms with Crippen LogP contribution in [0.25, 0.3) is 21.5 Å². The maximum atomic E-state index is 5.95. The zero-order valence-electron chi connectivity index (χ0n) is 14.3. The molecule has 0 amide bonds. The highest BCUT2D eigenvalue weighted by Gasteiger charge is 2.36. The number of ether oxygens (including phenoxy) is 1. The maximum absolute atomic E-state index is 5.95. The molecule has 4 aromatic rings. The molecule has 0 spiro atoms. The summed E-state index contributed by atoms with van der Waals surface area (Å²) in [4.78, 5) is 9.48. The van der Waals surface area contributed by atoms with Crippen LogP contribution in [0.2, 0.25) is 0 Å². The van der Waals surface area contributed by atoms with Crippen LogP contribution in [-0.4, -0.2) is 24.5 Å². The Morgan fingerprint density at radius 1 is 1.19 bits per heavy atom. The lowest BCUT2D eigenvalue weighted by Gasteiger charge is -2.18. The van der Waals surface area contributed by atoms with Crippen LogP contribution < -0.4 is 5.32 Å². The molecule has 1 aromatic carbocycles. The summed E-state index contributed by atoms with van der Waals surface area (Å²) in [5.74, 6) is 2.14. The largest absolute Gasteiger partial charge is 0.364 e. The first-order valence-electron chi connectivity index (χ1n) is 8.28. The van der Waals surface area contributed by atoms with E-state index in [4.69, 9.17) is 14.7 Å². The monoisotopic (exact) mass is 364 g/mol. The maximum Gasteiger partial charge on any atom is 0.165 e. The van der Waals surface area contributed by atoms with Crippen LogP contribution in [-0.2, 0) is 16.9 Å². The quantitative estimate of drug-likeness (QED) is 0.571. The molecular formula is C18H16N6OS. The molecule has 0 fully saturated rings. The SMILES string of the molecule is CC1(C)OCc2c(Nc3nsc4ccccc34)nc(-c3cn[nH]c3)nc21. The van der Waals surface area contributed by atoms with E-state index < -0.39 is 5.60 Å². The average molecular weight is 364 g/mol. The Bertz CT molecular complexity index is 1100. The normalized spacial score (nSPS) is 15.3. The molecule has 3 aromatic heterocycles. The second-order valence-corrected chi connectivity index (χ2v) is 7.47. The Labute approximate surface area is 153 Å². The third-order valence-corrected chi connectivity index (χ3v) is 5.35. The Kier molecular flexibility index (Phi) is 3.31. The fourth-order valence-electron chi connectivity index (χ4n) is 3.13. The number of hydrogen-bond donors (Lipinski definition) is 2. The lowest BCUT2D eigenvalue weighted by Crippen LogP contribution is -2.17. The smallest absolute Gasteiger partial charge is 0.165 e. The zero-order chi connectivity index (χ0) is 17.7. The van der Waals surface area contributed by atoms with Gasteiger partial charge in [-0.2, -0.15) is 9.47 Å². The summed E-state index contributed by atoms with van der Waals surface area (Å²) in [6.07, 6.45) is 3.50. The van der Waals surface area contributed by atoms with Gasteiger partial charge in [0.05, 0.1) is 28.8 Å². The van der Waals surface area contributed by atoms with Crippen LogP contribution in [0, 0.1) is 0 Å². The van der Waals surface area contributed by atoms with Crippen molar-refractivity contribution in [3.63, 3.8) is 0 Å². The minimum absolute atomic E-state index is 0.461. The molecule has 2 N–H and O–H groups in total. The highest BCUT2D eigenvalue weighted by Crippen LogP contribution is 2.40. The van der Waals surface area contributed by atoms with Crippen LogP contribution in [0.3, 0.4) is 0 Å². The first-order valence-corrected chi connectivity index (χ1v) is 9.05. The third kappa shape index (κ3) is 2.38. The van der Waals surface area contributed by atoms with Crippen LogP contribution in [0.4, 0.5) is 11.6 Å². The number of anilines is 2. The molecule has 0 atom stereocenters. The van der Waals surface area contributed by atoms with Crippen molar-refractivity contribution in [2.24, 2.45) is 0 Å². The van der Waals surface area contributed by atoms with Crippen LogP contribution in [0.15, 0.2) is 36.7 Å². The van der Waals surface area contributed by atoms with Gasteiger partial charge in [0.25, 0.3) is 0 Å². The van der Waals surface area contributed by atoms with Gasteiger partial charge in [-0.25, -0.2) is 9.97 Å². The zero-order valence-corrected chi connectivity index (χ0v) is 15.1. The van der Waals surface area contributed by atoms with Gasteiger partial charge in [0.2, 0.25) is 0 Å². The van der Waals surface area contributed by atoms with Gasteiger partial charge in [0, 0.05) is 17.1 Å². The number of benzene rings is 1. The molecule has 0 saturated carbocycles. The highest BCUT2D eigenvalue weighted by atomic mass is 32.1. The number of fused-ring (bicyclic) bond motifs is 2. The Hall–Kier alpha value is -2.84. The Morgan fingerprint density at radius 3 is 2.92 bits per heavy atom. The third-order valence-electron chi connectivity index (χ3n) is 4.53. The summed E-state index contributed by atoms with van der Waals surface area (Å²) < 4.78 is 11.6. The summed E-state index contributed by atoms with van der Waals surface area (Å²) in [7, 11) is 0. The first-order chi connectivity index (χ1) is 12.6. The van der Waals surface area contributed by atoms with Crippen molar-refractivity contribution in [3.8, 4) is 11.4 Å². The van der Waals surface area contributed by atoms with Crippen molar-refractivity contribution >= 4 is 33.3 Å². The van der Waals surface area contributed by atoms with Gasteiger partial charge in [0.1, 0.15) is 11.4 Å². The fourth-order valence-corrected chi connectivity index (χ4v) is 3.87. The van der Waals surface area contributed by atoms with Crippen molar-refractivity contribution in [2.45, 2.75) is 26.1 Å². The van der Waals surface area contributed by atoms with Gasteiger partial charge < -0.3 is 10.1 Å². The predicted octanol–water partition coefficient (Wildman–Crippen LogP) is 3.99. The molecule has 26 heavy (non-hydrogen) atoms. The molecule has 0 unspecified atom stereocenters. The van der Waals surface area contributed by atoms with Crippen molar-refractivity contribution in [3.05, 3.63) is 47.9 Å². The number of aromatic amines is 1. The van der Waals surface area contributed by atoms with Crippen molar-refractivity contribution < 1.29 is 4.74 Å². The first kappa shape index (κ1) is 15.4. The van der Waals surface area contributed by atoms with Gasteiger partial charge >= 0.3 is 0 Å². The average Bonchev–Trinajstić information content (AvgIpc) is 3.36. The summed E-state index contributed by atoms with van der Waals surface area (Å²) in [6.45, 7) is 4.51. The van der Waals surface area contributed by atoms with Crippen molar-refractivity contribution in [2.75, 3.05) is 5.32 Å². The predicted molar refractivity (Wildman–Crippen MR) is 100 cm³/mol. The summed E-state index contributed by atoms with van der Waals surface area (Å²) in [6, 6.07) is 8.14. The van der Waals surface area contributed by atoms with Crippen molar-refractivity contribution in [1.29, 1.82) is 0 Å². The lowest BCUT2D eigenvalue weighted by molar-refractivity contribution is -0.00995. The molecule has 0 bridgehead atoms. The van der Waals surface area contributed by atoms with E-state index in [0.29, 0.717) is 12.4 Å². The van der Waals surface area contributed by atoms with E-state index in [1.807, 2.05) is 26.0 Å². The van der Waals surface area contributed by atoms with Gasteiger partial charge in [-0.3, -0.25) is 5.10 Å². The molecule has 4 heterocycles. The lowest BCUT2D eigenvalue weighted by atomic mass is 10.0. The fraction of sp³-hybridized carbons (Fsp3) is 0.222. The molecule has 0 radical (unpaired) electrons. The molecule has 1 aliphatic heterocycles. The van der Waals surface area contributed by atoms with E-state index in [-0.39, 0.29) is 0 Å². The highest BCUT2D eigenvalue weighted by molar-refractivity contribution is 7.13. The van der Waals surface area contributed by atoms with Crippen LogP contribution in [0.1, 0.15) is 25.1 Å². The van der Waals surface area contributed by atoms with Crippen LogP contribution in [0.5, 0.6) is 0 Å². The Morgan fingerprint density at radius 2 is 2.08 bits per heavy atom. The molecular weight excluding hydrogens is 348 g/mol. The molecule has 1 aliphatic rings. The summed E-state index contributed by atoms with van der Waals surface area (Å²) >= 11 is 1.47. The minimum atomic E-state index is -0.461. The molecule has 130 valence electrons. The second kappa shape index (κ2) is 5.58. The van der Waals surface area contributed by atoms with Gasteiger partial charge in [0.15, 0.2) is 11.6 Å². The molecule has 0 aliphatic carbocycles. The van der Waals surface area contributed by atoms with Crippen molar-refractivity contribution in [1.82, 2.24) is 24.5 Å². The van der Waals surface area contributed by atoms with E-state index in [1.54, 1.807) is 12.4 Å². The molecule has 7 nitrogen and oxygen atoms in total. The topological polar surface area (TPSA) is 88.6 Å². The van der Waals surface area contributed by atoms with E-state index >= 15 is 0 Å². The van der Waals surface area contributed by atoms with E-state index in [1.165, 1.54) is 11.5 Å². The standard InChI is InChI=1S/C18H16N6OS/c1-18(2)14-12(9-25-18)16(22-15(21-14)10-7-19-20-8-10)23-17-11-5-3-4-6-13(11)26-24-17/h3-8H,9H2,1-2H3,(H,19,20)(H,21,22,23,24). The second-order valence-electron chi connectivity index (χ2n) is 6.66. The van der Waals surface area contributed by atoms with Gasteiger partial charge in [-0.05, 0) is 37.5 Å². The van der Waals surface area contributed by atoms with E-state index in [0.717, 1.165) is 38.5 Å². The number of nitrogens with zero attached hydrogens (tertiary/aromatic N) is 4. The minimum Gasteiger partial charge on any atom is -0.364 e.